The predicted molar refractivity (Wildman–Crippen MR) is 228 cm³/mol. The number of phenolic OH excluding ortho intramolecular Hbond substituents is 1. The Morgan fingerprint density at radius 3 is 2.32 bits per heavy atom. The van der Waals surface area contributed by atoms with Gasteiger partial charge in [0.25, 0.3) is 5.91 Å². The Kier molecular flexibility index (Phi) is 11.8. The summed E-state index contributed by atoms with van der Waals surface area (Å²) in [6, 6.07) is 19.6. The van der Waals surface area contributed by atoms with Gasteiger partial charge in [0.1, 0.15) is 29.3 Å². The number of piperazine rings is 1. The van der Waals surface area contributed by atoms with Gasteiger partial charge in [0.15, 0.2) is 5.82 Å². The largest absolute Gasteiger partial charge is 0.507 e. The van der Waals surface area contributed by atoms with Crippen molar-refractivity contribution in [1.29, 1.82) is 0 Å². The fourth-order valence-corrected chi connectivity index (χ4v) is 8.40. The molecule has 0 bridgehead atoms. The number of thiazole rings is 1. The first kappa shape index (κ1) is 41.0. The minimum atomic E-state index is -1.02. The second-order valence-corrected chi connectivity index (χ2v) is 17.0. The molecule has 3 amide bonds. The van der Waals surface area contributed by atoms with E-state index in [1.807, 2.05) is 82.6 Å². The number of nitrogens with two attached hydrogens (primary N) is 1. The van der Waals surface area contributed by atoms with Crippen LogP contribution in [0.2, 0.25) is 0 Å². The van der Waals surface area contributed by atoms with Crippen molar-refractivity contribution >= 4 is 46.4 Å². The molecule has 3 aromatic heterocycles. The van der Waals surface area contributed by atoms with Gasteiger partial charge in [-0.1, -0.05) is 63.2 Å². The number of aromatic nitrogens is 4. The number of nitrogens with zero attached hydrogens (tertiary/aromatic N) is 7. The van der Waals surface area contributed by atoms with Gasteiger partial charge in [0.05, 0.1) is 39.6 Å². The molecule has 2 saturated heterocycles. The fraction of sp³-hybridized carbons (Fsp3) is 0.372. The molecule has 2 aliphatic rings. The van der Waals surface area contributed by atoms with Crippen molar-refractivity contribution in [3.63, 3.8) is 0 Å². The van der Waals surface area contributed by atoms with E-state index in [1.54, 1.807) is 41.7 Å². The zero-order valence-electron chi connectivity index (χ0n) is 33.8. The second-order valence-electron chi connectivity index (χ2n) is 16.2. The van der Waals surface area contributed by atoms with Crippen molar-refractivity contribution < 1.29 is 24.6 Å². The number of hydrogen-bond donors (Lipinski definition) is 5. The number of benzene rings is 2. The summed E-state index contributed by atoms with van der Waals surface area (Å²) in [5, 5.41) is 35.4. The van der Waals surface area contributed by atoms with E-state index in [1.165, 1.54) is 4.90 Å². The molecule has 5 heterocycles. The maximum absolute atomic E-state index is 14.3. The summed E-state index contributed by atoms with van der Waals surface area (Å²) in [7, 11) is 0. The van der Waals surface area contributed by atoms with Gasteiger partial charge in [0.2, 0.25) is 11.8 Å². The lowest BCUT2D eigenvalue weighted by Crippen LogP contribution is -2.58. The van der Waals surface area contributed by atoms with Crippen molar-refractivity contribution in [3.8, 4) is 27.4 Å². The van der Waals surface area contributed by atoms with Crippen molar-refractivity contribution in [2.75, 3.05) is 48.3 Å². The summed E-state index contributed by atoms with van der Waals surface area (Å²) in [5.74, 6) is -0.375. The molecule has 308 valence electrons. The number of carbonyl (C=O) groups is 3. The number of aliphatic hydroxyl groups is 1. The molecule has 2 fully saturated rings. The molecule has 15 nitrogen and oxygen atoms in total. The minimum Gasteiger partial charge on any atom is -0.507 e. The van der Waals surface area contributed by atoms with E-state index in [4.69, 9.17) is 10.7 Å². The quantitative estimate of drug-likeness (QED) is 0.132. The Bertz CT molecular complexity index is 2320. The van der Waals surface area contributed by atoms with Crippen molar-refractivity contribution in [2.45, 2.75) is 65.3 Å². The average molecular weight is 819 g/mol. The number of likely N-dealkylation sites (tertiary alicyclic amines) is 1. The van der Waals surface area contributed by atoms with Crippen LogP contribution in [0.5, 0.6) is 5.75 Å². The first-order valence-corrected chi connectivity index (χ1v) is 20.5. The van der Waals surface area contributed by atoms with Gasteiger partial charge in [-0.3, -0.25) is 14.4 Å². The van der Waals surface area contributed by atoms with Crippen molar-refractivity contribution in [3.05, 3.63) is 95.3 Å². The third-order valence-corrected chi connectivity index (χ3v) is 11.9. The second kappa shape index (κ2) is 17.0. The zero-order valence-corrected chi connectivity index (χ0v) is 34.6. The van der Waals surface area contributed by atoms with Gasteiger partial charge in [0, 0.05) is 44.7 Å². The smallest absolute Gasteiger partial charge is 0.270 e. The summed E-state index contributed by atoms with van der Waals surface area (Å²) in [6.07, 6.45) is -0.815. The molecule has 16 heteroatoms. The van der Waals surface area contributed by atoms with Gasteiger partial charge < -0.3 is 41.3 Å². The first-order chi connectivity index (χ1) is 28.2. The van der Waals surface area contributed by atoms with Crippen LogP contribution >= 0.6 is 11.3 Å². The van der Waals surface area contributed by atoms with E-state index in [0.29, 0.717) is 48.9 Å². The van der Waals surface area contributed by atoms with Crippen LogP contribution in [0.1, 0.15) is 61.9 Å². The maximum Gasteiger partial charge on any atom is 0.270 e. The lowest BCUT2D eigenvalue weighted by atomic mass is 9.85. The predicted octanol–water partition coefficient (Wildman–Crippen LogP) is 4.57. The highest BCUT2D eigenvalue weighted by atomic mass is 32.1. The molecule has 0 spiro atoms. The summed E-state index contributed by atoms with van der Waals surface area (Å²) < 4.78 is 0. The summed E-state index contributed by atoms with van der Waals surface area (Å²) in [5.41, 5.74) is 12.1. The molecule has 0 aliphatic carbocycles. The molecule has 5 aromatic rings. The van der Waals surface area contributed by atoms with Crippen LogP contribution in [0.3, 0.4) is 0 Å². The van der Waals surface area contributed by atoms with E-state index in [9.17, 15) is 24.6 Å². The average Bonchev–Trinajstić information content (AvgIpc) is 3.85. The SMILES string of the molecule is Cc1ncsc1-c1ccc([C@H](C)NC(=O)[C@@H]2C[C@@H](O)CN2C(=O)C(NC(=O)c2cccc(N3CCN(c4cc(-c5ccccc5O)nnc4N)CC3)n2)C(C)(C)C)cc1. The molecular weight excluding hydrogens is 769 g/mol. The van der Waals surface area contributed by atoms with Crippen LogP contribution in [0.4, 0.5) is 17.3 Å². The number of phenols is 1. The number of nitrogens with one attached hydrogen (secondary N) is 2. The summed E-state index contributed by atoms with van der Waals surface area (Å²) in [4.78, 5) is 57.6. The molecule has 0 saturated carbocycles. The number of β-amino-alcohol motifs (C(OH)–C–C–N with tert-alkyl or cyclic N) is 1. The van der Waals surface area contributed by atoms with Crippen LogP contribution < -0.4 is 26.2 Å². The maximum atomic E-state index is 14.3. The molecule has 4 atom stereocenters. The topological polar surface area (TPSA) is 203 Å². The third kappa shape index (κ3) is 8.98. The highest BCUT2D eigenvalue weighted by Crippen LogP contribution is 2.33. The molecule has 1 unspecified atom stereocenters. The first-order valence-electron chi connectivity index (χ1n) is 19.7. The van der Waals surface area contributed by atoms with Gasteiger partial charge in [-0.15, -0.1) is 21.5 Å². The third-order valence-electron chi connectivity index (χ3n) is 10.9. The van der Waals surface area contributed by atoms with E-state index >= 15 is 0 Å². The molecule has 2 aromatic carbocycles. The number of anilines is 3. The standard InChI is InChI=1S/C43H50N10O5S/c1-25(27-13-15-28(16-14-27)37-26(2)45-24-59-37)46-41(57)34-21-29(54)23-53(34)42(58)38(43(3,4)5)48-40(56)31-10-8-12-36(47-31)52-19-17-51(18-20-52)33-22-32(49-50-39(33)44)30-9-6-7-11-35(30)55/h6-16,22,24-25,29,34,38,54-55H,17-21,23H2,1-5H3,(H2,44,50)(H,46,57)(H,48,56)/t25-,29+,34-,38?/m0/s1. The lowest BCUT2D eigenvalue weighted by Gasteiger charge is -2.37. The Labute approximate surface area is 347 Å². The van der Waals surface area contributed by atoms with Crippen LogP contribution in [0.25, 0.3) is 21.7 Å². The number of aromatic hydroxyl groups is 1. The zero-order chi connectivity index (χ0) is 42.0. The molecule has 59 heavy (non-hydrogen) atoms. The highest BCUT2D eigenvalue weighted by molar-refractivity contribution is 7.13. The fourth-order valence-electron chi connectivity index (χ4n) is 7.59. The number of nitrogen functional groups attached to an aromatic ring is 1. The van der Waals surface area contributed by atoms with E-state index in [0.717, 1.165) is 21.7 Å². The monoisotopic (exact) mass is 818 g/mol. The summed E-state index contributed by atoms with van der Waals surface area (Å²) >= 11 is 1.57. The normalized spacial score (nSPS) is 18.0. The van der Waals surface area contributed by atoms with Crippen LogP contribution in [-0.4, -0.2) is 104 Å². The van der Waals surface area contributed by atoms with Gasteiger partial charge in [-0.2, -0.15) is 0 Å². The van der Waals surface area contributed by atoms with Crippen LogP contribution in [-0.2, 0) is 9.59 Å². The van der Waals surface area contributed by atoms with E-state index in [-0.39, 0.29) is 42.2 Å². The molecule has 6 N–H and O–H groups in total. The molecular formula is C43H50N10O5S. The number of pyridine rings is 1. The van der Waals surface area contributed by atoms with Crippen LogP contribution in [0.15, 0.2) is 78.3 Å². The number of aryl methyl sites for hydroxylation is 1. The Morgan fingerprint density at radius 1 is 0.932 bits per heavy atom. The number of amides is 3. The molecule has 0 radical (unpaired) electrons. The number of hydrogen-bond acceptors (Lipinski definition) is 13. The van der Waals surface area contributed by atoms with Gasteiger partial charge in [-0.05, 0) is 60.7 Å². The van der Waals surface area contributed by atoms with Crippen molar-refractivity contribution in [1.82, 2.24) is 35.7 Å². The number of para-hydroxylation sites is 1. The highest BCUT2D eigenvalue weighted by Gasteiger charge is 2.45. The molecule has 2 aliphatic heterocycles. The van der Waals surface area contributed by atoms with E-state index in [2.05, 4.69) is 35.6 Å². The summed E-state index contributed by atoms with van der Waals surface area (Å²) in [6.45, 7) is 11.7. The number of aliphatic hydroxyl groups excluding tert-OH is 1. The van der Waals surface area contributed by atoms with Gasteiger partial charge >= 0.3 is 0 Å². The Balaban J connectivity index is 0.996. The Hall–Kier alpha value is -6.13. The Morgan fingerprint density at radius 2 is 1.64 bits per heavy atom. The number of rotatable bonds is 10. The molecule has 7 rings (SSSR count). The lowest BCUT2D eigenvalue weighted by molar-refractivity contribution is -0.142. The number of carbonyl (C=O) groups excluding carboxylic acids is 3. The van der Waals surface area contributed by atoms with E-state index < -0.39 is 35.4 Å². The van der Waals surface area contributed by atoms with Crippen molar-refractivity contribution in [2.24, 2.45) is 5.41 Å². The van der Waals surface area contributed by atoms with Crippen LogP contribution in [0, 0.1) is 12.3 Å². The van der Waals surface area contributed by atoms with Gasteiger partial charge in [-0.25, -0.2) is 9.97 Å². The minimum absolute atomic E-state index is 0.0341.